The van der Waals surface area contributed by atoms with Crippen LogP contribution < -0.4 is 10.6 Å². The molecule has 1 saturated heterocycles. The highest BCUT2D eigenvalue weighted by Gasteiger charge is 2.51. The van der Waals surface area contributed by atoms with Gasteiger partial charge in [0.1, 0.15) is 11.1 Å². The fourth-order valence-corrected chi connectivity index (χ4v) is 4.57. The Balaban J connectivity index is 1.29. The van der Waals surface area contributed by atoms with E-state index in [1.807, 2.05) is 0 Å². The number of nitrogens with zero attached hydrogens (tertiary/aromatic N) is 3. The molecule has 2 heterocycles. The van der Waals surface area contributed by atoms with Gasteiger partial charge in [-0.2, -0.15) is 5.10 Å². The standard InChI is InChI=1S/C24H29N5O5/c1-3-34-21(31)19-15-26-29(16(19)2)18-9-7-17(8-10-18)20(30)25-13-6-14-28-22(32)24(27-23(28)33)11-4-5-12-24/h7-10,15H,3-6,11-14H2,1-2H3,(H,25,30)(H,27,33). The van der Waals surface area contributed by atoms with E-state index in [0.717, 1.165) is 12.8 Å². The Morgan fingerprint density at radius 1 is 1.18 bits per heavy atom. The minimum absolute atomic E-state index is 0.142. The third kappa shape index (κ3) is 4.40. The summed E-state index contributed by atoms with van der Waals surface area (Å²) in [5.41, 5.74) is 1.53. The minimum Gasteiger partial charge on any atom is -0.462 e. The maximum absolute atomic E-state index is 12.7. The first-order valence-corrected chi connectivity index (χ1v) is 11.6. The molecule has 2 fully saturated rings. The maximum Gasteiger partial charge on any atom is 0.341 e. The minimum atomic E-state index is -0.702. The number of rotatable bonds is 8. The van der Waals surface area contributed by atoms with E-state index in [1.54, 1.807) is 42.8 Å². The van der Waals surface area contributed by atoms with Crippen molar-refractivity contribution < 1.29 is 23.9 Å². The van der Waals surface area contributed by atoms with E-state index in [4.69, 9.17) is 4.74 Å². The van der Waals surface area contributed by atoms with Gasteiger partial charge in [-0.15, -0.1) is 0 Å². The van der Waals surface area contributed by atoms with Gasteiger partial charge < -0.3 is 15.4 Å². The molecule has 1 spiro atoms. The predicted octanol–water partition coefficient (Wildman–Crippen LogP) is 2.34. The Morgan fingerprint density at radius 2 is 1.88 bits per heavy atom. The third-order valence-electron chi connectivity index (χ3n) is 6.43. The van der Waals surface area contributed by atoms with Crippen molar-refractivity contribution in [1.82, 2.24) is 25.3 Å². The van der Waals surface area contributed by atoms with Gasteiger partial charge in [0.2, 0.25) is 0 Å². The third-order valence-corrected chi connectivity index (χ3v) is 6.43. The molecule has 1 aliphatic heterocycles. The van der Waals surface area contributed by atoms with E-state index >= 15 is 0 Å². The van der Waals surface area contributed by atoms with E-state index in [0.29, 0.717) is 48.3 Å². The summed E-state index contributed by atoms with van der Waals surface area (Å²) in [5, 5.41) is 9.93. The Bertz CT molecular complexity index is 1100. The quantitative estimate of drug-likeness (QED) is 0.349. The first kappa shape index (κ1) is 23.5. The lowest BCUT2D eigenvalue weighted by Gasteiger charge is -2.20. The molecular weight excluding hydrogens is 438 g/mol. The fourth-order valence-electron chi connectivity index (χ4n) is 4.57. The van der Waals surface area contributed by atoms with Gasteiger partial charge in [-0.1, -0.05) is 12.8 Å². The number of aromatic nitrogens is 2. The molecule has 0 unspecified atom stereocenters. The molecule has 10 heteroatoms. The Labute approximate surface area is 197 Å². The first-order chi connectivity index (χ1) is 16.4. The highest BCUT2D eigenvalue weighted by molar-refractivity contribution is 6.07. The second-order valence-electron chi connectivity index (χ2n) is 8.61. The summed E-state index contributed by atoms with van der Waals surface area (Å²) >= 11 is 0. The molecule has 180 valence electrons. The molecule has 0 bridgehead atoms. The smallest absolute Gasteiger partial charge is 0.341 e. The fraction of sp³-hybridized carbons (Fsp3) is 0.458. The summed E-state index contributed by atoms with van der Waals surface area (Å²) in [6.07, 6.45) is 5.23. The molecule has 10 nitrogen and oxygen atoms in total. The molecule has 0 radical (unpaired) electrons. The summed E-state index contributed by atoms with van der Waals surface area (Å²) in [6.45, 7) is 4.42. The van der Waals surface area contributed by atoms with Crippen LogP contribution in [0.4, 0.5) is 4.79 Å². The number of imide groups is 1. The summed E-state index contributed by atoms with van der Waals surface area (Å²) in [5.74, 6) is -0.814. The van der Waals surface area contributed by atoms with Crippen molar-refractivity contribution in [3.8, 4) is 5.69 Å². The van der Waals surface area contributed by atoms with Gasteiger partial charge in [-0.25, -0.2) is 14.3 Å². The summed E-state index contributed by atoms with van der Waals surface area (Å²) < 4.78 is 6.65. The zero-order chi connectivity index (χ0) is 24.3. The van der Waals surface area contributed by atoms with Crippen LogP contribution in [0.15, 0.2) is 30.5 Å². The number of nitrogens with one attached hydrogen (secondary N) is 2. The molecule has 1 aliphatic carbocycles. The van der Waals surface area contributed by atoms with Crippen molar-refractivity contribution in [2.75, 3.05) is 19.7 Å². The van der Waals surface area contributed by atoms with Crippen LogP contribution in [0.3, 0.4) is 0 Å². The van der Waals surface area contributed by atoms with E-state index in [-0.39, 0.29) is 31.0 Å². The van der Waals surface area contributed by atoms with Crippen LogP contribution in [0.1, 0.15) is 65.4 Å². The average molecular weight is 468 g/mol. The van der Waals surface area contributed by atoms with Crippen LogP contribution in [-0.4, -0.2) is 63.7 Å². The monoisotopic (exact) mass is 467 g/mol. The molecule has 1 aromatic carbocycles. The van der Waals surface area contributed by atoms with Crippen LogP contribution in [-0.2, 0) is 9.53 Å². The lowest BCUT2D eigenvalue weighted by Crippen LogP contribution is -2.44. The molecule has 34 heavy (non-hydrogen) atoms. The zero-order valence-electron chi connectivity index (χ0n) is 19.4. The number of carbonyl (C=O) groups is 4. The molecule has 2 N–H and O–H groups in total. The number of hydrogen-bond donors (Lipinski definition) is 2. The number of ether oxygens (including phenoxy) is 1. The van der Waals surface area contributed by atoms with Gasteiger partial charge in [0.25, 0.3) is 11.8 Å². The van der Waals surface area contributed by atoms with E-state index in [9.17, 15) is 19.2 Å². The van der Waals surface area contributed by atoms with Crippen molar-refractivity contribution in [3.05, 3.63) is 47.3 Å². The van der Waals surface area contributed by atoms with Crippen LogP contribution in [0, 0.1) is 6.92 Å². The van der Waals surface area contributed by atoms with Gasteiger partial charge >= 0.3 is 12.0 Å². The molecular formula is C24H29N5O5. The van der Waals surface area contributed by atoms with Crippen molar-refractivity contribution >= 4 is 23.8 Å². The van der Waals surface area contributed by atoms with Crippen LogP contribution in [0.25, 0.3) is 5.69 Å². The SMILES string of the molecule is CCOC(=O)c1cnn(-c2ccc(C(=O)NCCCN3C(=O)NC4(CCCC4)C3=O)cc2)c1C. The molecule has 1 aromatic heterocycles. The molecule has 1 saturated carbocycles. The largest absolute Gasteiger partial charge is 0.462 e. The van der Waals surface area contributed by atoms with Crippen molar-refractivity contribution in [2.24, 2.45) is 0 Å². The Hall–Kier alpha value is -3.69. The van der Waals surface area contributed by atoms with Crippen LogP contribution >= 0.6 is 0 Å². The maximum atomic E-state index is 12.7. The first-order valence-electron chi connectivity index (χ1n) is 11.6. The molecule has 4 rings (SSSR count). The van der Waals surface area contributed by atoms with Gasteiger partial charge in [-0.3, -0.25) is 14.5 Å². The predicted molar refractivity (Wildman–Crippen MR) is 123 cm³/mol. The number of hydrogen-bond acceptors (Lipinski definition) is 6. The van der Waals surface area contributed by atoms with Crippen molar-refractivity contribution in [1.29, 1.82) is 0 Å². The molecule has 0 atom stereocenters. The molecule has 2 aliphatic rings. The average Bonchev–Trinajstić information content (AvgIpc) is 3.51. The summed E-state index contributed by atoms with van der Waals surface area (Å²) in [6, 6.07) is 6.51. The topological polar surface area (TPSA) is 123 Å². The number of urea groups is 1. The van der Waals surface area contributed by atoms with Gasteiger partial charge in [-0.05, 0) is 57.4 Å². The number of carbonyl (C=O) groups excluding carboxylic acids is 4. The summed E-state index contributed by atoms with van der Waals surface area (Å²) in [7, 11) is 0. The molecule has 2 aromatic rings. The van der Waals surface area contributed by atoms with Crippen LogP contribution in [0.2, 0.25) is 0 Å². The van der Waals surface area contributed by atoms with Gasteiger partial charge in [0, 0.05) is 18.7 Å². The van der Waals surface area contributed by atoms with Crippen molar-refractivity contribution in [2.45, 2.75) is 51.5 Å². The van der Waals surface area contributed by atoms with Gasteiger partial charge in [0.05, 0.1) is 24.2 Å². The zero-order valence-corrected chi connectivity index (χ0v) is 19.4. The van der Waals surface area contributed by atoms with Crippen molar-refractivity contribution in [3.63, 3.8) is 0 Å². The second-order valence-corrected chi connectivity index (χ2v) is 8.61. The van der Waals surface area contributed by atoms with E-state index in [1.165, 1.54) is 11.1 Å². The summed E-state index contributed by atoms with van der Waals surface area (Å²) in [4.78, 5) is 50.6. The number of esters is 1. The normalized spacial score (nSPS) is 16.7. The van der Waals surface area contributed by atoms with Gasteiger partial charge in [0.15, 0.2) is 0 Å². The highest BCUT2D eigenvalue weighted by Crippen LogP contribution is 2.35. The van der Waals surface area contributed by atoms with E-state index in [2.05, 4.69) is 15.7 Å². The number of amides is 4. The second kappa shape index (κ2) is 9.66. The lowest BCUT2D eigenvalue weighted by atomic mass is 9.98. The lowest BCUT2D eigenvalue weighted by molar-refractivity contribution is -0.131. The number of benzene rings is 1. The highest BCUT2D eigenvalue weighted by atomic mass is 16.5. The van der Waals surface area contributed by atoms with Crippen LogP contribution in [0.5, 0.6) is 0 Å². The van der Waals surface area contributed by atoms with E-state index < -0.39 is 11.5 Å². The Morgan fingerprint density at radius 3 is 2.56 bits per heavy atom. The Kier molecular flexibility index (Phi) is 6.67. The molecule has 4 amide bonds.